The third kappa shape index (κ3) is 5.90. The van der Waals surface area contributed by atoms with Crippen molar-refractivity contribution in [2.75, 3.05) is 6.54 Å². The molecule has 188 valence electrons. The maximum atomic E-state index is 13.3. The van der Waals surface area contributed by atoms with Crippen LogP contribution in [0.3, 0.4) is 0 Å². The number of sulfonamides is 1. The van der Waals surface area contributed by atoms with Gasteiger partial charge in [0.1, 0.15) is 10.9 Å². The molecule has 35 heavy (non-hydrogen) atoms. The Hall–Kier alpha value is -3.20. The molecule has 0 aliphatic carbocycles. The largest absolute Gasteiger partial charge is 0.352 e. The highest BCUT2D eigenvalue weighted by molar-refractivity contribution is 7.90. The van der Waals surface area contributed by atoms with Crippen molar-refractivity contribution in [3.05, 3.63) is 65.2 Å². The Morgan fingerprint density at radius 3 is 2.31 bits per heavy atom. The van der Waals surface area contributed by atoms with Crippen molar-refractivity contribution in [1.82, 2.24) is 14.5 Å². The van der Waals surface area contributed by atoms with Crippen LogP contribution in [0.4, 0.5) is 0 Å². The van der Waals surface area contributed by atoms with Gasteiger partial charge in [-0.2, -0.15) is 0 Å². The van der Waals surface area contributed by atoms with E-state index in [-0.39, 0.29) is 54.2 Å². The number of nitrogens with zero attached hydrogens (tertiary/aromatic N) is 2. The van der Waals surface area contributed by atoms with Crippen molar-refractivity contribution in [3.8, 4) is 0 Å². The molecule has 3 rings (SSSR count). The molecule has 2 aromatic carbocycles. The van der Waals surface area contributed by atoms with Gasteiger partial charge in [0.25, 0.3) is 15.9 Å². The maximum Gasteiger partial charge on any atom is 0.269 e. The van der Waals surface area contributed by atoms with Gasteiger partial charge in [-0.1, -0.05) is 48.9 Å². The monoisotopic (exact) mass is 499 g/mol. The lowest BCUT2D eigenvalue weighted by molar-refractivity contribution is -0.141. The summed E-state index contributed by atoms with van der Waals surface area (Å²) >= 11 is 0. The fourth-order valence-electron chi connectivity index (χ4n) is 4.16. The molecule has 8 nitrogen and oxygen atoms in total. The van der Waals surface area contributed by atoms with Gasteiger partial charge in [0.2, 0.25) is 11.8 Å². The topological polar surface area (TPSA) is 104 Å². The number of carbonyl (C=O) groups excluding carboxylic acids is 3. The summed E-state index contributed by atoms with van der Waals surface area (Å²) in [5, 5.41) is 2.89. The highest BCUT2D eigenvalue weighted by Crippen LogP contribution is 2.30. The number of carbonyl (C=O) groups is 3. The van der Waals surface area contributed by atoms with Crippen molar-refractivity contribution in [1.29, 1.82) is 0 Å². The first-order valence-corrected chi connectivity index (χ1v) is 13.3. The molecule has 1 aliphatic rings. The summed E-state index contributed by atoms with van der Waals surface area (Å²) in [6, 6.07) is 13.1. The summed E-state index contributed by atoms with van der Waals surface area (Å²) in [5.74, 6) is -1.07. The predicted molar refractivity (Wildman–Crippen MR) is 133 cm³/mol. The van der Waals surface area contributed by atoms with E-state index in [1.807, 2.05) is 52.0 Å². The smallest absolute Gasteiger partial charge is 0.269 e. The molecule has 1 unspecified atom stereocenters. The minimum Gasteiger partial charge on any atom is -0.352 e. The number of amides is 3. The summed E-state index contributed by atoms with van der Waals surface area (Å²) in [5.41, 5.74) is 2.14. The summed E-state index contributed by atoms with van der Waals surface area (Å²) in [6.45, 7) is 7.71. The van der Waals surface area contributed by atoms with Crippen molar-refractivity contribution in [2.24, 2.45) is 0 Å². The zero-order valence-electron chi connectivity index (χ0n) is 20.7. The molecular formula is C26H33N3O5S. The Bertz CT molecular complexity index is 1190. The first-order valence-electron chi connectivity index (χ1n) is 11.9. The van der Waals surface area contributed by atoms with Crippen molar-refractivity contribution >= 4 is 27.7 Å². The van der Waals surface area contributed by atoms with Crippen LogP contribution >= 0.6 is 0 Å². The van der Waals surface area contributed by atoms with Crippen LogP contribution in [0.15, 0.2) is 53.4 Å². The molecule has 3 amide bonds. The summed E-state index contributed by atoms with van der Waals surface area (Å²) < 4.78 is 26.4. The average Bonchev–Trinajstić information content (AvgIpc) is 3.00. The van der Waals surface area contributed by atoms with Crippen molar-refractivity contribution < 1.29 is 22.8 Å². The van der Waals surface area contributed by atoms with Gasteiger partial charge < -0.3 is 10.2 Å². The molecule has 0 saturated heterocycles. The van der Waals surface area contributed by atoms with Gasteiger partial charge in [0, 0.05) is 25.6 Å². The lowest BCUT2D eigenvalue weighted by atomic mass is 10.1. The quantitative estimate of drug-likeness (QED) is 0.540. The normalized spacial score (nSPS) is 15.1. The van der Waals surface area contributed by atoms with E-state index in [1.165, 1.54) is 12.1 Å². The minimum atomic E-state index is -3.92. The highest BCUT2D eigenvalue weighted by atomic mass is 32.2. The van der Waals surface area contributed by atoms with Gasteiger partial charge in [-0.05, 0) is 51.3 Å². The third-order valence-electron chi connectivity index (χ3n) is 5.95. The maximum absolute atomic E-state index is 13.3. The number of hydrogen-bond acceptors (Lipinski definition) is 5. The van der Waals surface area contributed by atoms with Crippen LogP contribution in [-0.4, -0.2) is 54.0 Å². The van der Waals surface area contributed by atoms with Crippen LogP contribution in [0, 0.1) is 6.92 Å². The Kier molecular flexibility index (Phi) is 8.32. The van der Waals surface area contributed by atoms with Crippen molar-refractivity contribution in [3.63, 3.8) is 0 Å². The van der Waals surface area contributed by atoms with Gasteiger partial charge in [0.15, 0.2) is 0 Å². The summed E-state index contributed by atoms with van der Waals surface area (Å²) in [7, 11) is -3.92. The van der Waals surface area contributed by atoms with E-state index in [4.69, 9.17) is 0 Å². The fraction of sp³-hybridized carbons (Fsp3) is 0.423. The van der Waals surface area contributed by atoms with E-state index < -0.39 is 22.0 Å². The second kappa shape index (κ2) is 11.0. The zero-order chi connectivity index (χ0) is 25.8. The lowest BCUT2D eigenvalue weighted by Gasteiger charge is -2.31. The molecule has 2 aromatic rings. The molecule has 0 saturated carbocycles. The molecule has 1 aliphatic heterocycles. The molecule has 0 fully saturated rings. The van der Waals surface area contributed by atoms with Gasteiger partial charge in [0.05, 0.1) is 5.56 Å². The molecule has 0 spiro atoms. The van der Waals surface area contributed by atoms with Crippen LogP contribution < -0.4 is 5.32 Å². The van der Waals surface area contributed by atoms with Gasteiger partial charge >= 0.3 is 0 Å². The number of rotatable bonds is 10. The molecule has 1 N–H and O–H groups in total. The molecule has 0 bridgehead atoms. The second-order valence-electron chi connectivity index (χ2n) is 9.08. The van der Waals surface area contributed by atoms with Crippen LogP contribution in [0.1, 0.15) is 61.5 Å². The molecular weight excluding hydrogens is 466 g/mol. The van der Waals surface area contributed by atoms with Crippen LogP contribution in [0.5, 0.6) is 0 Å². The van der Waals surface area contributed by atoms with Crippen molar-refractivity contribution in [2.45, 2.75) is 70.5 Å². The van der Waals surface area contributed by atoms with Crippen LogP contribution in [0.25, 0.3) is 0 Å². The summed E-state index contributed by atoms with van der Waals surface area (Å²) in [4.78, 5) is 40.4. The number of benzene rings is 2. The molecule has 0 radical (unpaired) electrons. The first kappa shape index (κ1) is 26.4. The molecule has 9 heteroatoms. The Morgan fingerprint density at radius 1 is 1.06 bits per heavy atom. The van der Waals surface area contributed by atoms with Gasteiger partial charge in [-0.3, -0.25) is 14.4 Å². The van der Waals surface area contributed by atoms with E-state index in [9.17, 15) is 22.8 Å². The fourth-order valence-corrected chi connectivity index (χ4v) is 5.77. The highest BCUT2D eigenvalue weighted by Gasteiger charge is 2.40. The Labute approximate surface area is 207 Å². The number of aryl methyl sites for hydroxylation is 1. The second-order valence-corrected chi connectivity index (χ2v) is 10.9. The Balaban J connectivity index is 1.74. The summed E-state index contributed by atoms with van der Waals surface area (Å²) in [6.07, 6.45) is 0.599. The third-order valence-corrected chi connectivity index (χ3v) is 7.79. The lowest BCUT2D eigenvalue weighted by Crippen LogP contribution is -2.50. The molecule has 1 heterocycles. The number of hydrogen-bond donors (Lipinski definition) is 1. The van der Waals surface area contributed by atoms with E-state index in [0.29, 0.717) is 6.42 Å². The van der Waals surface area contributed by atoms with E-state index in [0.717, 1.165) is 15.4 Å². The standard InChI is InChI=1S/C26H33N3O5S/c1-5-22(25(31)27-18(2)3)28(17-20-14-12-19(4)13-15-20)24(30)11-8-16-29-26(32)21-9-6-7-10-23(21)35(29,33)34/h6-7,9-10,12-15,18,22H,5,8,11,16-17H2,1-4H3,(H,27,31). The predicted octanol–water partition coefficient (Wildman–Crippen LogP) is 3.25. The zero-order valence-corrected chi connectivity index (χ0v) is 21.5. The molecule has 0 aromatic heterocycles. The van der Waals surface area contributed by atoms with E-state index in [2.05, 4.69) is 5.32 Å². The molecule has 1 atom stereocenters. The van der Waals surface area contributed by atoms with Gasteiger partial charge in [-0.25, -0.2) is 12.7 Å². The van der Waals surface area contributed by atoms with E-state index in [1.54, 1.807) is 17.0 Å². The van der Waals surface area contributed by atoms with Crippen LogP contribution in [-0.2, 0) is 26.2 Å². The van der Waals surface area contributed by atoms with Gasteiger partial charge in [-0.15, -0.1) is 0 Å². The number of fused-ring (bicyclic) bond motifs is 1. The average molecular weight is 500 g/mol. The minimum absolute atomic E-state index is 0.00581. The SMILES string of the molecule is CCC(C(=O)NC(C)C)N(Cc1ccc(C)cc1)C(=O)CCCN1C(=O)c2ccccc2S1(=O)=O. The number of nitrogens with one attached hydrogen (secondary N) is 1. The Morgan fingerprint density at radius 2 is 1.71 bits per heavy atom. The van der Waals surface area contributed by atoms with E-state index >= 15 is 0 Å². The first-order chi connectivity index (χ1) is 16.6. The van der Waals surface area contributed by atoms with Crippen LogP contribution in [0.2, 0.25) is 0 Å².